The summed E-state index contributed by atoms with van der Waals surface area (Å²) in [4.78, 5) is 0. The van der Waals surface area contributed by atoms with Crippen LogP contribution in [-0.2, 0) is 0 Å². The average Bonchev–Trinajstić information content (AvgIpc) is 2.18. The Hall–Kier alpha value is -0.780. The lowest BCUT2D eigenvalue weighted by atomic mass is 10.2. The Balaban J connectivity index is 2.27. The van der Waals surface area contributed by atoms with Gasteiger partial charge >= 0.3 is 0 Å². The van der Waals surface area contributed by atoms with Crippen LogP contribution in [0.4, 0.5) is 0 Å². The molecule has 1 rings (SSSR count). The molecule has 0 saturated heterocycles. The third-order valence-corrected chi connectivity index (χ3v) is 2.12. The van der Waals surface area contributed by atoms with Crippen LogP contribution in [0.15, 0.2) is 36.5 Å². The molecule has 0 aromatic carbocycles. The van der Waals surface area contributed by atoms with Gasteiger partial charge in [-0.3, -0.25) is 0 Å². The molecule has 0 aromatic heterocycles. The molecule has 0 spiro atoms. The largest absolute Gasteiger partial charge is 0.0885 e. The SMILES string of the molecule is [CH]1CC=CCC=CCCCC=CC1. The van der Waals surface area contributed by atoms with Crippen molar-refractivity contribution >= 4 is 0 Å². The summed E-state index contributed by atoms with van der Waals surface area (Å²) in [6.07, 6.45) is 23.0. The summed E-state index contributed by atoms with van der Waals surface area (Å²) in [6.45, 7) is 0. The van der Waals surface area contributed by atoms with Crippen LogP contribution in [0.1, 0.15) is 38.5 Å². The van der Waals surface area contributed by atoms with Crippen molar-refractivity contribution in [2.75, 3.05) is 0 Å². The average molecular weight is 175 g/mol. The van der Waals surface area contributed by atoms with E-state index in [9.17, 15) is 0 Å². The second-order valence-electron chi connectivity index (χ2n) is 3.34. The molecule has 1 aliphatic rings. The summed E-state index contributed by atoms with van der Waals surface area (Å²) in [5.74, 6) is 0. The van der Waals surface area contributed by atoms with Gasteiger partial charge in [-0.2, -0.15) is 0 Å². The van der Waals surface area contributed by atoms with Gasteiger partial charge in [-0.05, 0) is 44.9 Å². The van der Waals surface area contributed by atoms with E-state index >= 15 is 0 Å². The highest BCUT2D eigenvalue weighted by Gasteiger charge is 1.84. The smallest absolute Gasteiger partial charge is 0.0169 e. The van der Waals surface area contributed by atoms with Crippen LogP contribution in [0.5, 0.6) is 0 Å². The van der Waals surface area contributed by atoms with Gasteiger partial charge < -0.3 is 0 Å². The number of hydrogen-bond donors (Lipinski definition) is 0. The summed E-state index contributed by atoms with van der Waals surface area (Å²) in [6, 6.07) is 0. The molecule has 0 N–H and O–H groups in total. The van der Waals surface area contributed by atoms with Gasteiger partial charge in [0.15, 0.2) is 0 Å². The van der Waals surface area contributed by atoms with E-state index in [2.05, 4.69) is 42.9 Å². The Morgan fingerprint density at radius 2 is 1.08 bits per heavy atom. The predicted octanol–water partition coefficient (Wildman–Crippen LogP) is 4.21. The first-order chi connectivity index (χ1) is 6.50. The summed E-state index contributed by atoms with van der Waals surface area (Å²) in [5, 5.41) is 0. The minimum atomic E-state index is 1.10. The van der Waals surface area contributed by atoms with Crippen LogP contribution in [0.3, 0.4) is 0 Å². The lowest BCUT2D eigenvalue weighted by Gasteiger charge is -1.90. The maximum atomic E-state index is 2.31. The maximum Gasteiger partial charge on any atom is -0.0169 e. The monoisotopic (exact) mass is 175 g/mol. The third-order valence-electron chi connectivity index (χ3n) is 2.12. The van der Waals surface area contributed by atoms with Crippen LogP contribution in [0, 0.1) is 6.42 Å². The van der Waals surface area contributed by atoms with Crippen LogP contribution < -0.4 is 0 Å². The minimum Gasteiger partial charge on any atom is -0.0885 e. The first-order valence-corrected chi connectivity index (χ1v) is 5.27. The molecule has 0 aromatic rings. The highest BCUT2D eigenvalue weighted by atomic mass is 13.9. The molecule has 0 heteroatoms. The predicted molar refractivity (Wildman–Crippen MR) is 59.4 cm³/mol. The fourth-order valence-corrected chi connectivity index (χ4v) is 1.34. The molecule has 71 valence electrons. The van der Waals surface area contributed by atoms with Crippen molar-refractivity contribution in [2.45, 2.75) is 38.5 Å². The van der Waals surface area contributed by atoms with Crippen molar-refractivity contribution in [3.63, 3.8) is 0 Å². The third kappa shape index (κ3) is 6.39. The van der Waals surface area contributed by atoms with Crippen molar-refractivity contribution in [3.05, 3.63) is 42.9 Å². The second kappa shape index (κ2) is 7.85. The highest BCUT2D eigenvalue weighted by molar-refractivity contribution is 4.97. The van der Waals surface area contributed by atoms with Gasteiger partial charge in [0, 0.05) is 0 Å². The summed E-state index contributed by atoms with van der Waals surface area (Å²) >= 11 is 0. The van der Waals surface area contributed by atoms with E-state index in [-0.39, 0.29) is 0 Å². The maximum absolute atomic E-state index is 2.31. The van der Waals surface area contributed by atoms with Crippen molar-refractivity contribution in [2.24, 2.45) is 0 Å². The van der Waals surface area contributed by atoms with Crippen LogP contribution in [-0.4, -0.2) is 0 Å². The Kier molecular flexibility index (Phi) is 6.22. The van der Waals surface area contributed by atoms with Crippen LogP contribution in [0.25, 0.3) is 0 Å². The lowest BCUT2D eigenvalue weighted by Crippen LogP contribution is -1.71. The molecule has 0 unspecified atom stereocenters. The number of hydrogen-bond acceptors (Lipinski definition) is 0. The van der Waals surface area contributed by atoms with E-state index in [1.54, 1.807) is 0 Å². The molecule has 0 bridgehead atoms. The minimum absolute atomic E-state index is 1.10. The Morgan fingerprint density at radius 1 is 0.538 bits per heavy atom. The van der Waals surface area contributed by atoms with Crippen LogP contribution in [0.2, 0.25) is 0 Å². The van der Waals surface area contributed by atoms with E-state index in [0.29, 0.717) is 0 Å². The standard InChI is InChI=1S/C13H19/c1-2-4-6-8-10-12-13-11-9-7-5-3-1/h1-2,5-7,10,12H,3-4,8-9,11,13H2. The molecule has 1 aliphatic carbocycles. The number of allylic oxidation sites excluding steroid dienone is 6. The Labute approximate surface area is 82.0 Å². The fourth-order valence-electron chi connectivity index (χ4n) is 1.34. The van der Waals surface area contributed by atoms with Crippen LogP contribution >= 0.6 is 0 Å². The van der Waals surface area contributed by atoms with Gasteiger partial charge in [0.1, 0.15) is 0 Å². The van der Waals surface area contributed by atoms with Crippen molar-refractivity contribution in [1.82, 2.24) is 0 Å². The van der Waals surface area contributed by atoms with Crippen molar-refractivity contribution in [1.29, 1.82) is 0 Å². The molecule has 0 fully saturated rings. The molecule has 13 heavy (non-hydrogen) atoms. The fraction of sp³-hybridized carbons (Fsp3) is 0.462. The summed E-state index contributed by atoms with van der Waals surface area (Å²) < 4.78 is 0. The molecule has 0 aliphatic heterocycles. The lowest BCUT2D eigenvalue weighted by molar-refractivity contribution is 0.863. The van der Waals surface area contributed by atoms with E-state index in [4.69, 9.17) is 0 Å². The first-order valence-electron chi connectivity index (χ1n) is 5.27. The zero-order valence-corrected chi connectivity index (χ0v) is 8.28. The molecule has 0 amide bonds. The molecule has 0 heterocycles. The Morgan fingerprint density at radius 3 is 1.85 bits per heavy atom. The zero-order chi connectivity index (χ0) is 9.19. The van der Waals surface area contributed by atoms with Crippen molar-refractivity contribution in [3.8, 4) is 0 Å². The van der Waals surface area contributed by atoms with Gasteiger partial charge in [0.05, 0.1) is 0 Å². The number of rotatable bonds is 0. The molecule has 0 saturated carbocycles. The van der Waals surface area contributed by atoms with Gasteiger partial charge in [-0.25, -0.2) is 0 Å². The summed E-state index contributed by atoms with van der Waals surface area (Å²) in [7, 11) is 0. The second-order valence-corrected chi connectivity index (χ2v) is 3.34. The van der Waals surface area contributed by atoms with Gasteiger partial charge in [0.25, 0.3) is 0 Å². The zero-order valence-electron chi connectivity index (χ0n) is 8.28. The van der Waals surface area contributed by atoms with Gasteiger partial charge in [0.2, 0.25) is 0 Å². The van der Waals surface area contributed by atoms with Gasteiger partial charge in [-0.1, -0.05) is 36.5 Å². The van der Waals surface area contributed by atoms with E-state index in [1.165, 1.54) is 19.3 Å². The molecular formula is C13H19. The molecule has 1 radical (unpaired) electrons. The van der Waals surface area contributed by atoms with Gasteiger partial charge in [-0.15, -0.1) is 0 Å². The first kappa shape index (κ1) is 10.3. The molecule has 0 atom stereocenters. The molecular weight excluding hydrogens is 156 g/mol. The van der Waals surface area contributed by atoms with E-state index < -0.39 is 0 Å². The topological polar surface area (TPSA) is 0 Å². The van der Waals surface area contributed by atoms with Crippen molar-refractivity contribution < 1.29 is 0 Å². The Bertz CT molecular complexity index is 164. The van der Waals surface area contributed by atoms with E-state index in [1.807, 2.05) is 0 Å². The summed E-state index contributed by atoms with van der Waals surface area (Å²) in [5.41, 5.74) is 0. The quantitative estimate of drug-likeness (QED) is 0.484. The molecule has 0 nitrogen and oxygen atoms in total. The van der Waals surface area contributed by atoms with E-state index in [0.717, 1.165) is 19.3 Å². The normalized spacial score (nSPS) is 20.3. The highest BCUT2D eigenvalue weighted by Crippen LogP contribution is 2.03.